The van der Waals surface area contributed by atoms with Crippen LogP contribution in [0.4, 0.5) is 10.5 Å². The molecule has 1 N–H and O–H groups in total. The molecule has 2 bridgehead atoms. The van der Waals surface area contributed by atoms with Gasteiger partial charge in [-0.25, -0.2) is 9.59 Å². The van der Waals surface area contributed by atoms with E-state index in [-0.39, 0.29) is 19.2 Å². The molecule has 3 atom stereocenters. The molecule has 0 saturated heterocycles. The normalized spacial score (nSPS) is 22.6. The summed E-state index contributed by atoms with van der Waals surface area (Å²) in [5, 5.41) is 3.23. The Hall–Kier alpha value is -2.83. The van der Waals surface area contributed by atoms with Gasteiger partial charge in [0.05, 0.1) is 6.61 Å². The number of benzene rings is 1. The van der Waals surface area contributed by atoms with Gasteiger partial charge in [-0.15, -0.1) is 0 Å². The summed E-state index contributed by atoms with van der Waals surface area (Å²) in [4.78, 5) is 35.8. The number of hydrogen-bond donors (Lipinski definition) is 1. The molecule has 0 radical (unpaired) electrons. The second kappa shape index (κ2) is 8.27. The van der Waals surface area contributed by atoms with Crippen LogP contribution in [0.5, 0.6) is 0 Å². The van der Waals surface area contributed by atoms with Crippen molar-refractivity contribution in [1.82, 2.24) is 0 Å². The van der Waals surface area contributed by atoms with Crippen LogP contribution >= 0.6 is 0 Å². The molecule has 0 spiro atoms. The molecular formula is C22H25NO6. The van der Waals surface area contributed by atoms with Crippen molar-refractivity contribution in [1.29, 1.82) is 0 Å². The van der Waals surface area contributed by atoms with E-state index >= 15 is 0 Å². The lowest BCUT2D eigenvalue weighted by Gasteiger charge is -2.20. The number of ether oxygens (including phenoxy) is 2. The maximum atomic E-state index is 12.3. The van der Waals surface area contributed by atoms with Crippen molar-refractivity contribution in [3.05, 3.63) is 40.2 Å². The summed E-state index contributed by atoms with van der Waals surface area (Å²) in [7, 11) is 0. The Balaban J connectivity index is 1.43. The third kappa shape index (κ3) is 4.44. The topological polar surface area (TPSA) is 94.8 Å². The van der Waals surface area contributed by atoms with E-state index in [0.717, 1.165) is 12.3 Å². The number of hydrogen-bond acceptors (Lipinski definition) is 6. The fraction of sp³-hybridized carbons (Fsp3) is 0.500. The lowest BCUT2D eigenvalue weighted by molar-refractivity contribution is -0.146. The number of amides is 1. The van der Waals surface area contributed by atoms with Gasteiger partial charge in [0.2, 0.25) is 0 Å². The summed E-state index contributed by atoms with van der Waals surface area (Å²) in [6.45, 7) is 1.99. The van der Waals surface area contributed by atoms with E-state index in [1.807, 2.05) is 0 Å². The Morgan fingerprint density at radius 3 is 2.76 bits per heavy atom. The Morgan fingerprint density at radius 2 is 2.03 bits per heavy atom. The zero-order valence-electron chi connectivity index (χ0n) is 16.4. The minimum atomic E-state index is -0.583. The Kier molecular flexibility index (Phi) is 5.56. The van der Waals surface area contributed by atoms with Gasteiger partial charge in [0.25, 0.3) is 0 Å². The molecule has 4 rings (SSSR count). The third-order valence-electron chi connectivity index (χ3n) is 6.05. The van der Waals surface area contributed by atoms with Crippen molar-refractivity contribution in [2.75, 3.05) is 11.9 Å². The number of fused-ring (bicyclic) bond motifs is 3. The standard InChI is InChI=1S/C22H25NO6/c1-2-27-22(26)23-17-5-6-18-16(10-21(25)29-19(18)11-17)12-28-20(24)9-15-8-13-3-4-14(15)7-13/h5-6,10-11,13-15H,2-4,7-9,12H2,1H3,(H,23,26)/t13-,14+,15-/m0/s1. The molecule has 1 heterocycles. The van der Waals surface area contributed by atoms with Gasteiger partial charge in [-0.1, -0.05) is 6.42 Å². The molecule has 1 aromatic heterocycles. The number of carbonyl (C=O) groups excluding carboxylic acids is 2. The number of anilines is 1. The molecule has 1 amide bonds. The quantitative estimate of drug-likeness (QED) is 0.577. The third-order valence-corrected chi connectivity index (χ3v) is 6.05. The second-order valence-corrected chi connectivity index (χ2v) is 7.95. The SMILES string of the molecule is CCOC(=O)Nc1ccc2c(COC(=O)C[C@@H]3C[C@H]4CC[C@@H]3C4)cc(=O)oc2c1. The summed E-state index contributed by atoms with van der Waals surface area (Å²) >= 11 is 0. The van der Waals surface area contributed by atoms with Gasteiger partial charge in [0.1, 0.15) is 12.2 Å². The van der Waals surface area contributed by atoms with E-state index < -0.39 is 11.7 Å². The molecule has 2 aliphatic rings. The van der Waals surface area contributed by atoms with E-state index in [2.05, 4.69) is 5.32 Å². The maximum absolute atomic E-state index is 12.3. The summed E-state index contributed by atoms with van der Waals surface area (Å²) in [5.74, 6) is 1.68. The zero-order valence-corrected chi connectivity index (χ0v) is 16.4. The molecule has 1 aromatic carbocycles. The van der Waals surface area contributed by atoms with Crippen molar-refractivity contribution in [2.24, 2.45) is 17.8 Å². The molecule has 0 aliphatic heterocycles. The van der Waals surface area contributed by atoms with Crippen LogP contribution in [0.1, 0.15) is 44.6 Å². The van der Waals surface area contributed by atoms with E-state index in [1.165, 1.54) is 25.3 Å². The van der Waals surface area contributed by atoms with Gasteiger partial charge in [-0.3, -0.25) is 10.1 Å². The predicted octanol–water partition coefficient (Wildman–Crippen LogP) is 4.23. The minimum Gasteiger partial charge on any atom is -0.461 e. The van der Waals surface area contributed by atoms with E-state index in [9.17, 15) is 14.4 Å². The summed E-state index contributed by atoms with van der Waals surface area (Å²) in [5.41, 5.74) is 0.806. The van der Waals surface area contributed by atoms with Crippen LogP contribution in [0.3, 0.4) is 0 Å². The van der Waals surface area contributed by atoms with Crippen LogP contribution in [-0.2, 0) is 20.9 Å². The van der Waals surface area contributed by atoms with Gasteiger partial charge < -0.3 is 13.9 Å². The summed E-state index contributed by atoms with van der Waals surface area (Å²) in [6, 6.07) is 6.29. The molecule has 7 nitrogen and oxygen atoms in total. The number of carbonyl (C=O) groups is 2. The Bertz CT molecular complexity index is 981. The first-order valence-corrected chi connectivity index (χ1v) is 10.2. The van der Waals surface area contributed by atoms with Crippen molar-refractivity contribution in [3.63, 3.8) is 0 Å². The fourth-order valence-corrected chi connectivity index (χ4v) is 4.77. The lowest BCUT2D eigenvalue weighted by atomic mass is 9.86. The first-order valence-electron chi connectivity index (χ1n) is 10.2. The second-order valence-electron chi connectivity index (χ2n) is 7.95. The highest BCUT2D eigenvalue weighted by Gasteiger charge is 2.40. The predicted molar refractivity (Wildman–Crippen MR) is 106 cm³/mol. The largest absolute Gasteiger partial charge is 0.461 e. The van der Waals surface area contributed by atoms with Crippen LogP contribution in [0.2, 0.25) is 0 Å². The van der Waals surface area contributed by atoms with E-state index in [0.29, 0.717) is 40.5 Å². The van der Waals surface area contributed by atoms with Crippen molar-refractivity contribution in [3.8, 4) is 0 Å². The highest BCUT2D eigenvalue weighted by molar-refractivity contribution is 5.90. The van der Waals surface area contributed by atoms with Gasteiger partial charge in [-0.2, -0.15) is 0 Å². The first-order chi connectivity index (χ1) is 14.0. The molecular weight excluding hydrogens is 374 g/mol. The number of nitrogens with one attached hydrogen (secondary N) is 1. The van der Waals surface area contributed by atoms with Crippen LogP contribution in [-0.4, -0.2) is 18.7 Å². The highest BCUT2D eigenvalue weighted by atomic mass is 16.5. The first kappa shape index (κ1) is 19.5. The zero-order chi connectivity index (χ0) is 20.4. The molecule has 7 heteroatoms. The fourth-order valence-electron chi connectivity index (χ4n) is 4.77. The molecule has 29 heavy (non-hydrogen) atoms. The van der Waals surface area contributed by atoms with Crippen LogP contribution in [0, 0.1) is 17.8 Å². The summed E-state index contributed by atoms with van der Waals surface area (Å²) in [6.07, 6.45) is 4.79. The average Bonchev–Trinajstić information content (AvgIpc) is 3.29. The maximum Gasteiger partial charge on any atom is 0.411 e. The van der Waals surface area contributed by atoms with Gasteiger partial charge in [-0.05, 0) is 56.1 Å². The van der Waals surface area contributed by atoms with Crippen LogP contribution in [0.15, 0.2) is 33.5 Å². The van der Waals surface area contributed by atoms with Gasteiger partial charge in [0, 0.05) is 35.2 Å². The van der Waals surface area contributed by atoms with Crippen molar-refractivity contribution < 1.29 is 23.5 Å². The molecule has 2 aromatic rings. The van der Waals surface area contributed by atoms with Gasteiger partial charge in [0.15, 0.2) is 0 Å². The van der Waals surface area contributed by atoms with E-state index in [1.54, 1.807) is 25.1 Å². The Labute approximate surface area is 168 Å². The van der Waals surface area contributed by atoms with Gasteiger partial charge >= 0.3 is 17.7 Å². The summed E-state index contributed by atoms with van der Waals surface area (Å²) < 4.78 is 15.6. The van der Waals surface area contributed by atoms with Crippen molar-refractivity contribution >= 4 is 28.7 Å². The van der Waals surface area contributed by atoms with Crippen molar-refractivity contribution in [2.45, 2.75) is 45.6 Å². The Morgan fingerprint density at radius 1 is 1.17 bits per heavy atom. The molecule has 2 saturated carbocycles. The monoisotopic (exact) mass is 399 g/mol. The highest BCUT2D eigenvalue weighted by Crippen LogP contribution is 2.49. The number of rotatable bonds is 6. The smallest absolute Gasteiger partial charge is 0.411 e. The average molecular weight is 399 g/mol. The van der Waals surface area contributed by atoms with E-state index in [4.69, 9.17) is 13.9 Å². The minimum absolute atomic E-state index is 0.0202. The molecule has 2 fully saturated rings. The molecule has 0 unspecified atom stereocenters. The lowest BCUT2D eigenvalue weighted by Crippen LogP contribution is -2.17. The molecule has 2 aliphatic carbocycles. The number of esters is 1. The molecule has 154 valence electrons. The van der Waals surface area contributed by atoms with Crippen LogP contribution < -0.4 is 10.9 Å². The van der Waals surface area contributed by atoms with Crippen LogP contribution in [0.25, 0.3) is 11.0 Å².